The average molecular weight is 1640 g/mol. The number of rotatable bonds is 37. The Balaban J connectivity index is 2.27. The zero-order valence-corrected chi connectivity index (χ0v) is 65.4. The quantitative estimate of drug-likeness (QED) is 0.0221. The first kappa shape index (κ1) is 98.2. The number of aliphatic hydroxyl groups excluding tert-OH is 2. The van der Waals surface area contributed by atoms with E-state index in [0.29, 0.717) is 40.1 Å². The van der Waals surface area contributed by atoms with Gasteiger partial charge in [0.15, 0.2) is 12.2 Å². The maximum absolute atomic E-state index is 15.0. The van der Waals surface area contributed by atoms with Crippen LogP contribution in [0.3, 0.4) is 0 Å². The Labute approximate surface area is 665 Å². The highest BCUT2D eigenvalue weighted by molar-refractivity contribution is 6.02. The number of likely N-dealkylation sites (N-methyl/N-ethyl adjacent to an activating group) is 1. The first-order chi connectivity index (χ1) is 54.5. The number of nitrogens with one attached hydrogen (secondary N) is 13. The average Bonchev–Trinajstić information content (AvgIpc) is 1.58. The molecule has 25 N–H and O–H groups in total. The molecule has 16 atom stereocenters. The topological polar surface area (TPSA) is 713 Å². The van der Waals surface area contributed by atoms with Crippen molar-refractivity contribution in [3.63, 3.8) is 0 Å². The molecular weight excluding hydrogens is 1530 g/mol. The fraction of sp³-hybridized carbons (Fsp3) is 0.611. The number of aliphatic carboxylic acids is 4. The van der Waals surface area contributed by atoms with Gasteiger partial charge in [-0.05, 0) is 82.4 Å². The Morgan fingerprint density at radius 3 is 1.77 bits per heavy atom. The second-order valence-corrected chi connectivity index (χ2v) is 28.2. The van der Waals surface area contributed by atoms with Crippen molar-refractivity contribution < 1.29 is 131 Å². The number of carbonyl (C=O) groups excluding carboxylic acids is 16. The van der Waals surface area contributed by atoms with Gasteiger partial charge in [0.1, 0.15) is 72.6 Å². The predicted octanol–water partition coefficient (Wildman–Crippen LogP) is -6.48. The second-order valence-electron chi connectivity index (χ2n) is 28.2. The van der Waals surface area contributed by atoms with E-state index in [1.54, 1.807) is 30.5 Å². The minimum atomic E-state index is -2.84. The molecule has 0 spiro atoms. The van der Waals surface area contributed by atoms with Gasteiger partial charge in [-0.3, -0.25) is 86.3 Å². The summed E-state index contributed by atoms with van der Waals surface area (Å²) < 4.78 is 5.74. The monoisotopic (exact) mass is 1640 g/mol. The molecule has 116 heavy (non-hydrogen) atoms. The maximum atomic E-state index is 15.0. The van der Waals surface area contributed by atoms with Crippen LogP contribution in [0.1, 0.15) is 156 Å². The molecule has 44 heteroatoms. The number of carbonyl (C=O) groups is 20. The summed E-state index contributed by atoms with van der Waals surface area (Å²) in [7, 11) is 0.889. The Morgan fingerprint density at radius 2 is 1.18 bits per heavy atom. The Morgan fingerprint density at radius 1 is 0.595 bits per heavy atom. The Hall–Kier alpha value is -12.0. The second kappa shape index (κ2) is 49.0. The number of primary amides is 2. The largest absolute Gasteiger partial charge is 0.481 e. The molecule has 0 saturated carbocycles. The van der Waals surface area contributed by atoms with Gasteiger partial charge in [0, 0.05) is 49.8 Å². The van der Waals surface area contributed by atoms with E-state index < -0.39 is 267 Å². The molecule has 3 rings (SSSR count). The number of carboxylic acids is 4. The molecule has 0 bridgehead atoms. The highest BCUT2D eigenvalue weighted by atomic mass is 16.5. The normalized spacial score (nSPS) is 22.1. The number of aromatic nitrogens is 1. The van der Waals surface area contributed by atoms with Gasteiger partial charge in [-0.1, -0.05) is 84.4 Å². The van der Waals surface area contributed by atoms with Crippen LogP contribution in [0.25, 0.3) is 10.9 Å². The van der Waals surface area contributed by atoms with E-state index in [-0.39, 0.29) is 38.6 Å². The minimum Gasteiger partial charge on any atom is -0.481 e. The van der Waals surface area contributed by atoms with Crippen LogP contribution in [0.2, 0.25) is 0 Å². The highest BCUT2D eigenvalue weighted by Crippen LogP contribution is 2.22. The number of esters is 1. The van der Waals surface area contributed by atoms with Crippen molar-refractivity contribution >= 4 is 129 Å². The third-order valence-electron chi connectivity index (χ3n) is 18.9. The first-order valence-electron chi connectivity index (χ1n) is 37.7. The number of aromatic amines is 1. The molecule has 0 radical (unpaired) electrons. The number of hydrogen-bond donors (Lipinski definition) is 22. The molecule has 1 fully saturated rings. The summed E-state index contributed by atoms with van der Waals surface area (Å²) >= 11 is 0. The van der Waals surface area contributed by atoms with E-state index >= 15 is 0 Å². The van der Waals surface area contributed by atoms with Gasteiger partial charge in [-0.2, -0.15) is 0 Å². The molecule has 1 aromatic heterocycles. The summed E-state index contributed by atoms with van der Waals surface area (Å²) in [6.45, 7) is 6.54. The fourth-order valence-electron chi connectivity index (χ4n) is 11.7. The molecule has 15 amide bonds. The molecular formula is C72H109N17O27. The van der Waals surface area contributed by atoms with E-state index in [9.17, 15) is 127 Å². The van der Waals surface area contributed by atoms with E-state index in [0.717, 1.165) is 46.6 Å². The summed E-state index contributed by atoms with van der Waals surface area (Å²) in [6.07, 6.45) is -7.67. The highest BCUT2D eigenvalue weighted by Gasteiger charge is 2.43. The number of unbranched alkanes of at least 4 members (excludes halogenated alkanes) is 4. The van der Waals surface area contributed by atoms with Crippen molar-refractivity contribution in [3.8, 4) is 0 Å². The zero-order valence-electron chi connectivity index (χ0n) is 65.4. The Kier molecular flexibility index (Phi) is 41.5. The molecule has 1 aliphatic heterocycles. The SMILES string of the molecule is CCC(C)CCCCCCC(=O)NC(Cc1c[nH]c2ccccc12)C(=O)NC(CCC(=O)O)C(=O)NC(C(=O)NC1C(=O)N(C)CC(=O)NC(C)C(=O)NC(CC(=O)O)C(=O)NC(CCCCN)C(=O)NC(C(O)C(=O)O)C(=O)NCC(=O)NC(CC(N)=O)C(=O)NC(CCC(=O)O)C(=O)NC(C(C)CC)C(=O)OC1C)C(O)C(N)=O. The van der Waals surface area contributed by atoms with Crippen molar-refractivity contribution in [1.29, 1.82) is 0 Å². The van der Waals surface area contributed by atoms with Crippen molar-refractivity contribution in [3.05, 3.63) is 36.0 Å². The van der Waals surface area contributed by atoms with Gasteiger partial charge in [-0.15, -0.1) is 0 Å². The minimum absolute atomic E-state index is 0.0127. The number of hydrogen-bond acceptors (Lipinski definition) is 24. The van der Waals surface area contributed by atoms with Crippen molar-refractivity contribution in [2.75, 3.05) is 26.7 Å². The van der Waals surface area contributed by atoms with Gasteiger partial charge < -0.3 is 126 Å². The first-order valence-corrected chi connectivity index (χ1v) is 37.7. The zero-order chi connectivity index (χ0) is 87.4. The summed E-state index contributed by atoms with van der Waals surface area (Å²) in [6, 6.07) is -16.1. The third-order valence-corrected chi connectivity index (χ3v) is 18.9. The molecule has 16 unspecified atom stereocenters. The number of nitrogens with zero attached hydrogens (tertiary/aromatic N) is 1. The summed E-state index contributed by atoms with van der Waals surface area (Å²) in [5, 5.41) is 87.9. The van der Waals surface area contributed by atoms with Gasteiger partial charge in [0.25, 0.3) is 0 Å². The molecule has 644 valence electrons. The number of fused-ring (bicyclic) bond motifs is 1. The molecule has 44 nitrogen and oxygen atoms in total. The van der Waals surface area contributed by atoms with Crippen LogP contribution in [0.4, 0.5) is 0 Å². The molecule has 1 aromatic carbocycles. The van der Waals surface area contributed by atoms with Crippen molar-refractivity contribution in [2.24, 2.45) is 29.0 Å². The fourth-order valence-corrected chi connectivity index (χ4v) is 11.7. The predicted molar refractivity (Wildman–Crippen MR) is 403 cm³/mol. The number of nitrogens with two attached hydrogens (primary N) is 3. The summed E-state index contributed by atoms with van der Waals surface area (Å²) in [4.78, 5) is 276. The van der Waals surface area contributed by atoms with Crippen LogP contribution in [0.15, 0.2) is 30.5 Å². The number of benzene rings is 1. The maximum Gasteiger partial charge on any atom is 0.335 e. The van der Waals surface area contributed by atoms with E-state index in [1.807, 2.05) is 21.3 Å². The standard InChI is InChI=1S/C72H109N17O27/c1-8-34(3)18-12-10-11-13-22-48(91)79-44(28-38-31-76-40-20-15-14-19-39(38)40)65(107)82-43(24-26-52(96)97)64(106)87-56(58(100)60(75)102)69(111)86-55-37(6)116-72(115)54(35(4)9-2)85-63(105)42(23-25-51(94)95)83-66(108)45(29-47(74)90)80-49(92)32-77-68(110)57(59(101)71(113)114)88-62(104)41(21-16-17-27-73)81-67(109)46(30-53(98)99)84-61(103)36(5)78-50(93)33-89(7)70(55)112/h14-15,19-20,31,34-37,41-46,54-59,76,100-101H,8-13,16-18,21-30,32-33,73H2,1-7H3,(H2,74,90)(H2,75,102)(H,77,110)(H,78,93)(H,79,91)(H,80,92)(H,81,109)(H,82,107)(H,83,108)(H,84,103)(H,85,105)(H,86,111)(H,87,106)(H,88,104)(H,94,95)(H,96,97)(H,98,99)(H,113,114). The lowest BCUT2D eigenvalue weighted by Crippen LogP contribution is -2.64. The number of H-pyrrole nitrogens is 1. The van der Waals surface area contributed by atoms with Crippen LogP contribution >= 0.6 is 0 Å². The van der Waals surface area contributed by atoms with Crippen LogP contribution in [0, 0.1) is 11.8 Å². The number of aliphatic hydroxyl groups is 2. The molecule has 2 aromatic rings. The lowest BCUT2D eigenvalue weighted by Gasteiger charge is -2.32. The van der Waals surface area contributed by atoms with Crippen LogP contribution in [0.5, 0.6) is 0 Å². The van der Waals surface area contributed by atoms with Crippen molar-refractivity contribution in [1.82, 2.24) is 73.7 Å². The molecule has 1 saturated heterocycles. The molecule has 0 aliphatic carbocycles. The van der Waals surface area contributed by atoms with Gasteiger partial charge >= 0.3 is 29.8 Å². The van der Waals surface area contributed by atoms with Crippen LogP contribution < -0.4 is 81.0 Å². The lowest BCUT2D eigenvalue weighted by molar-refractivity contribution is -0.159. The number of amides is 15. The van der Waals surface area contributed by atoms with E-state index in [2.05, 4.69) is 61.4 Å². The van der Waals surface area contributed by atoms with Crippen molar-refractivity contribution in [2.45, 2.75) is 242 Å². The van der Waals surface area contributed by atoms with Crippen LogP contribution in [-0.2, 0) is 107 Å². The lowest BCUT2D eigenvalue weighted by atomic mass is 9.98. The smallest absolute Gasteiger partial charge is 0.335 e. The number of carboxylic acid groups (broad SMARTS) is 4. The number of cyclic esters (lactones) is 1. The number of ether oxygens (including phenoxy) is 1. The summed E-state index contributed by atoms with van der Waals surface area (Å²) in [5.74, 6) is -29.8. The van der Waals surface area contributed by atoms with Crippen LogP contribution in [-0.4, -0.2) is 270 Å². The summed E-state index contributed by atoms with van der Waals surface area (Å²) in [5.41, 5.74) is 17.7. The Bertz CT molecular complexity index is 3860. The van der Waals surface area contributed by atoms with Gasteiger partial charge in [0.2, 0.25) is 88.6 Å². The van der Waals surface area contributed by atoms with Gasteiger partial charge in [-0.25, -0.2) is 9.59 Å². The van der Waals surface area contributed by atoms with E-state index in [4.69, 9.17) is 21.9 Å². The molecule has 1 aliphatic rings. The number of para-hydroxylation sites is 1. The van der Waals surface area contributed by atoms with E-state index in [1.165, 1.54) is 13.8 Å². The molecule has 2 heterocycles. The third kappa shape index (κ3) is 33.2. The van der Waals surface area contributed by atoms with Gasteiger partial charge in [0.05, 0.1) is 25.9 Å².